The molecule has 0 radical (unpaired) electrons. The van der Waals surface area contributed by atoms with Gasteiger partial charge in [-0.15, -0.1) is 0 Å². The molecule has 8 heteroatoms. The molecule has 0 unspecified atom stereocenters. The van der Waals surface area contributed by atoms with Crippen LogP contribution in [0.25, 0.3) is 10.9 Å². The van der Waals surface area contributed by atoms with Crippen LogP contribution in [0, 0.1) is 0 Å². The van der Waals surface area contributed by atoms with Gasteiger partial charge < -0.3 is 10.3 Å². The fourth-order valence-electron chi connectivity index (χ4n) is 2.08. The van der Waals surface area contributed by atoms with Crippen LogP contribution < -0.4 is 5.32 Å². The molecule has 0 bridgehead atoms. The number of hydrogen-bond donors (Lipinski definition) is 2. The second-order valence-corrected chi connectivity index (χ2v) is 4.66. The number of rotatable bonds is 4. The maximum absolute atomic E-state index is 12.9. The molecule has 0 saturated heterocycles. The summed E-state index contributed by atoms with van der Waals surface area (Å²) in [4.78, 5) is 14.0. The van der Waals surface area contributed by atoms with E-state index in [1.54, 1.807) is 30.7 Å². The Balaban J connectivity index is 1.89. The number of imidazole rings is 1. The summed E-state index contributed by atoms with van der Waals surface area (Å²) in [6.45, 7) is 0.431. The van der Waals surface area contributed by atoms with Crippen molar-refractivity contribution in [1.82, 2.24) is 19.9 Å². The van der Waals surface area contributed by atoms with Crippen LogP contribution in [-0.4, -0.2) is 26.5 Å². The minimum Gasteiger partial charge on any atom is -0.369 e. The van der Waals surface area contributed by atoms with Crippen molar-refractivity contribution in [1.29, 1.82) is 0 Å². The highest BCUT2D eigenvalue weighted by Gasteiger charge is 2.35. The number of para-hydroxylation sites is 1. The Morgan fingerprint density at radius 2 is 1.95 bits per heavy atom. The fraction of sp³-hybridized carbons (Fsp3) is 0.214. The first-order valence-electron chi connectivity index (χ1n) is 6.59. The van der Waals surface area contributed by atoms with Crippen molar-refractivity contribution in [3.63, 3.8) is 0 Å². The Morgan fingerprint density at radius 3 is 2.68 bits per heavy atom. The second kappa shape index (κ2) is 5.63. The molecule has 2 aromatic heterocycles. The van der Waals surface area contributed by atoms with Crippen molar-refractivity contribution >= 4 is 16.7 Å². The number of anilines is 1. The van der Waals surface area contributed by atoms with Gasteiger partial charge in [0, 0.05) is 30.2 Å². The van der Waals surface area contributed by atoms with Gasteiger partial charge >= 0.3 is 6.18 Å². The molecule has 2 heterocycles. The largest absolute Gasteiger partial charge is 0.451 e. The predicted molar refractivity (Wildman–Crippen MR) is 75.3 cm³/mol. The smallest absolute Gasteiger partial charge is 0.369 e. The number of halogens is 3. The van der Waals surface area contributed by atoms with Gasteiger partial charge in [0.15, 0.2) is 0 Å². The third kappa shape index (κ3) is 3.00. The Labute approximate surface area is 123 Å². The van der Waals surface area contributed by atoms with Crippen LogP contribution in [0.3, 0.4) is 0 Å². The number of aromatic amines is 1. The molecule has 0 atom stereocenters. The van der Waals surface area contributed by atoms with E-state index in [2.05, 4.69) is 25.3 Å². The first-order chi connectivity index (χ1) is 10.5. The number of aromatic nitrogens is 4. The topological polar surface area (TPSA) is 66.5 Å². The van der Waals surface area contributed by atoms with Gasteiger partial charge in [0.2, 0.25) is 5.82 Å². The lowest BCUT2D eigenvalue weighted by Crippen LogP contribution is -2.14. The lowest BCUT2D eigenvalue weighted by atomic mass is 10.2. The molecule has 0 spiro atoms. The molecule has 2 N–H and O–H groups in total. The van der Waals surface area contributed by atoms with Crippen LogP contribution in [0.4, 0.5) is 19.0 Å². The second-order valence-electron chi connectivity index (χ2n) is 4.66. The first-order valence-corrected chi connectivity index (χ1v) is 6.59. The van der Waals surface area contributed by atoms with Crippen LogP contribution in [0.5, 0.6) is 0 Å². The molecule has 1 aromatic carbocycles. The number of benzene rings is 1. The van der Waals surface area contributed by atoms with Gasteiger partial charge in [-0.05, 0) is 12.1 Å². The third-order valence-corrected chi connectivity index (χ3v) is 3.10. The number of alkyl halides is 3. The van der Waals surface area contributed by atoms with Crippen LogP contribution in [-0.2, 0) is 12.6 Å². The molecule has 0 fully saturated rings. The van der Waals surface area contributed by atoms with Crippen molar-refractivity contribution in [2.75, 3.05) is 11.9 Å². The summed E-state index contributed by atoms with van der Waals surface area (Å²) in [5.74, 6) is -0.965. The van der Waals surface area contributed by atoms with Gasteiger partial charge in [-0.25, -0.2) is 15.0 Å². The highest BCUT2D eigenvalue weighted by atomic mass is 19.4. The predicted octanol–water partition coefficient (Wildman–Crippen LogP) is 3.03. The molecule has 0 aliphatic rings. The van der Waals surface area contributed by atoms with Gasteiger partial charge in [0.1, 0.15) is 5.82 Å². The molecular formula is C14H12F3N5. The monoisotopic (exact) mass is 307 g/mol. The summed E-state index contributed by atoms with van der Waals surface area (Å²) in [5.41, 5.74) is 1.15. The quantitative estimate of drug-likeness (QED) is 0.777. The number of H-pyrrole nitrogens is 1. The molecule has 0 amide bonds. The van der Waals surface area contributed by atoms with Crippen molar-refractivity contribution in [2.24, 2.45) is 0 Å². The van der Waals surface area contributed by atoms with Gasteiger partial charge in [0.25, 0.3) is 0 Å². The fourth-order valence-corrected chi connectivity index (χ4v) is 2.08. The van der Waals surface area contributed by atoms with Gasteiger partial charge in [0.05, 0.1) is 11.8 Å². The van der Waals surface area contributed by atoms with Crippen LogP contribution in [0.1, 0.15) is 11.5 Å². The summed E-state index contributed by atoms with van der Waals surface area (Å²) in [7, 11) is 0. The molecule has 114 valence electrons. The van der Waals surface area contributed by atoms with Crippen molar-refractivity contribution in [3.8, 4) is 0 Å². The number of hydrogen-bond acceptors (Lipinski definition) is 4. The first kappa shape index (κ1) is 14.3. The minimum absolute atomic E-state index is 0.178. The summed E-state index contributed by atoms with van der Waals surface area (Å²) >= 11 is 0. The molecule has 0 saturated carbocycles. The van der Waals surface area contributed by atoms with Gasteiger partial charge in [-0.1, -0.05) is 12.1 Å². The van der Waals surface area contributed by atoms with Crippen LogP contribution in [0.2, 0.25) is 0 Å². The molecule has 5 nitrogen and oxygen atoms in total. The molecular weight excluding hydrogens is 295 g/mol. The van der Waals surface area contributed by atoms with E-state index in [9.17, 15) is 13.2 Å². The van der Waals surface area contributed by atoms with E-state index in [0.717, 1.165) is 5.69 Å². The summed E-state index contributed by atoms with van der Waals surface area (Å²) < 4.78 is 38.6. The van der Waals surface area contributed by atoms with E-state index in [1.165, 1.54) is 6.07 Å². The molecule has 0 aliphatic carbocycles. The SMILES string of the molecule is FC(F)(F)c1nc(NCCc2cnc[nH]2)c2ccccc2n1. The maximum Gasteiger partial charge on any atom is 0.451 e. The zero-order chi connectivity index (χ0) is 15.6. The Kier molecular flexibility index (Phi) is 3.66. The lowest BCUT2D eigenvalue weighted by molar-refractivity contribution is -0.144. The number of nitrogens with one attached hydrogen (secondary N) is 2. The van der Waals surface area contributed by atoms with E-state index >= 15 is 0 Å². The summed E-state index contributed by atoms with van der Waals surface area (Å²) in [6.07, 6.45) is -0.762. The standard InChI is InChI=1S/C14H12F3N5/c15-14(16,17)13-21-11-4-2-1-3-10(11)12(22-13)19-6-5-9-7-18-8-20-9/h1-4,7-8H,5-6H2,(H,18,20)(H,19,21,22). The average molecular weight is 307 g/mol. The van der Waals surface area contributed by atoms with E-state index in [1.807, 2.05) is 0 Å². The maximum atomic E-state index is 12.9. The summed E-state index contributed by atoms with van der Waals surface area (Å²) in [5, 5.41) is 3.50. The zero-order valence-electron chi connectivity index (χ0n) is 11.4. The van der Waals surface area contributed by atoms with Crippen molar-refractivity contribution < 1.29 is 13.2 Å². The Bertz CT molecular complexity index is 768. The summed E-state index contributed by atoms with van der Waals surface area (Å²) in [6, 6.07) is 6.60. The van der Waals surface area contributed by atoms with E-state index < -0.39 is 12.0 Å². The number of nitrogens with zero attached hydrogens (tertiary/aromatic N) is 3. The zero-order valence-corrected chi connectivity index (χ0v) is 11.4. The Hall–Kier alpha value is -2.64. The third-order valence-electron chi connectivity index (χ3n) is 3.10. The number of fused-ring (bicyclic) bond motifs is 1. The van der Waals surface area contributed by atoms with Gasteiger partial charge in [-0.2, -0.15) is 13.2 Å². The van der Waals surface area contributed by atoms with E-state index in [0.29, 0.717) is 18.4 Å². The minimum atomic E-state index is -4.58. The molecule has 3 rings (SSSR count). The highest BCUT2D eigenvalue weighted by Crippen LogP contribution is 2.30. The lowest BCUT2D eigenvalue weighted by Gasteiger charge is -2.12. The van der Waals surface area contributed by atoms with Crippen molar-refractivity contribution in [2.45, 2.75) is 12.6 Å². The Morgan fingerprint density at radius 1 is 1.14 bits per heavy atom. The van der Waals surface area contributed by atoms with Crippen LogP contribution >= 0.6 is 0 Å². The normalized spacial score (nSPS) is 11.8. The molecule has 3 aromatic rings. The van der Waals surface area contributed by atoms with E-state index in [-0.39, 0.29) is 11.3 Å². The average Bonchev–Trinajstić information content (AvgIpc) is 2.99. The van der Waals surface area contributed by atoms with Crippen LogP contribution in [0.15, 0.2) is 36.8 Å². The van der Waals surface area contributed by atoms with Crippen molar-refractivity contribution in [3.05, 3.63) is 48.3 Å². The van der Waals surface area contributed by atoms with E-state index in [4.69, 9.17) is 0 Å². The molecule has 22 heavy (non-hydrogen) atoms. The van der Waals surface area contributed by atoms with Gasteiger partial charge in [-0.3, -0.25) is 0 Å². The molecule has 0 aliphatic heterocycles. The highest BCUT2D eigenvalue weighted by molar-refractivity contribution is 5.89.